The Bertz CT molecular complexity index is 433. The van der Waals surface area contributed by atoms with E-state index in [0.717, 1.165) is 5.56 Å². The average molecular weight is 207 g/mol. The van der Waals surface area contributed by atoms with Gasteiger partial charge in [0.15, 0.2) is 5.82 Å². The molecule has 4 nitrogen and oxygen atoms in total. The molecule has 0 atom stereocenters. The molecule has 0 aromatic carbocycles. The molecular weight excluding hydrogens is 198 g/mol. The largest absolute Gasteiger partial charge is 0.290 e. The number of ketones is 1. The fourth-order valence-corrected chi connectivity index (χ4v) is 1.87. The van der Waals surface area contributed by atoms with Crippen LogP contribution in [-0.2, 0) is 13.5 Å². The molecule has 0 amide bonds. The first-order valence-corrected chi connectivity index (χ1v) is 5.10. The molecule has 2 aromatic rings. The molecule has 0 aliphatic rings. The van der Waals surface area contributed by atoms with Gasteiger partial charge in [-0.2, -0.15) is 16.4 Å². The summed E-state index contributed by atoms with van der Waals surface area (Å²) in [5.74, 6) is 0.416. The van der Waals surface area contributed by atoms with Gasteiger partial charge in [0.25, 0.3) is 0 Å². The Balaban J connectivity index is 2.14. The molecule has 0 bridgehead atoms. The van der Waals surface area contributed by atoms with E-state index < -0.39 is 0 Å². The summed E-state index contributed by atoms with van der Waals surface area (Å²) < 4.78 is 1.49. The van der Waals surface area contributed by atoms with Crippen molar-refractivity contribution in [3.05, 3.63) is 34.5 Å². The maximum atomic E-state index is 11.7. The third-order valence-corrected chi connectivity index (χ3v) is 2.64. The molecule has 0 saturated heterocycles. The molecule has 0 radical (unpaired) electrons. The van der Waals surface area contributed by atoms with Gasteiger partial charge in [-0.1, -0.05) is 0 Å². The van der Waals surface area contributed by atoms with Crippen molar-refractivity contribution in [2.75, 3.05) is 0 Å². The minimum atomic E-state index is 0.00315. The van der Waals surface area contributed by atoms with Crippen molar-refractivity contribution in [2.24, 2.45) is 7.05 Å². The second kappa shape index (κ2) is 3.71. The summed E-state index contributed by atoms with van der Waals surface area (Å²) in [6.45, 7) is 0. The van der Waals surface area contributed by atoms with Crippen molar-refractivity contribution < 1.29 is 4.79 Å². The highest BCUT2D eigenvalue weighted by Gasteiger charge is 2.12. The summed E-state index contributed by atoms with van der Waals surface area (Å²) in [5.41, 5.74) is 1.03. The van der Waals surface area contributed by atoms with Crippen LogP contribution >= 0.6 is 11.3 Å². The summed E-state index contributed by atoms with van der Waals surface area (Å²) >= 11 is 1.59. The predicted molar refractivity (Wildman–Crippen MR) is 53.4 cm³/mol. The van der Waals surface area contributed by atoms with Gasteiger partial charge in [-0.25, -0.2) is 9.67 Å². The third-order valence-electron chi connectivity index (χ3n) is 1.91. The van der Waals surface area contributed by atoms with Crippen LogP contribution in [0.5, 0.6) is 0 Å². The first-order valence-electron chi connectivity index (χ1n) is 4.15. The van der Waals surface area contributed by atoms with Crippen LogP contribution in [-0.4, -0.2) is 20.5 Å². The lowest BCUT2D eigenvalue weighted by molar-refractivity contribution is 0.0979. The first-order chi connectivity index (χ1) is 6.77. The number of thiophene rings is 1. The van der Waals surface area contributed by atoms with Crippen molar-refractivity contribution in [1.29, 1.82) is 0 Å². The van der Waals surface area contributed by atoms with Gasteiger partial charge in [0.1, 0.15) is 6.33 Å². The van der Waals surface area contributed by atoms with E-state index in [2.05, 4.69) is 10.1 Å². The van der Waals surface area contributed by atoms with E-state index in [4.69, 9.17) is 0 Å². The number of nitrogens with zero attached hydrogens (tertiary/aromatic N) is 3. The van der Waals surface area contributed by atoms with E-state index in [1.54, 1.807) is 18.4 Å². The summed E-state index contributed by atoms with van der Waals surface area (Å²) in [4.78, 5) is 15.6. The van der Waals surface area contributed by atoms with E-state index >= 15 is 0 Å². The molecule has 0 spiro atoms. The van der Waals surface area contributed by atoms with Gasteiger partial charge < -0.3 is 0 Å². The summed E-state index contributed by atoms with van der Waals surface area (Å²) in [5, 5.41) is 7.78. The zero-order valence-corrected chi connectivity index (χ0v) is 8.49. The molecule has 72 valence electrons. The normalized spacial score (nSPS) is 10.4. The number of hydrogen-bond donors (Lipinski definition) is 0. The zero-order valence-electron chi connectivity index (χ0n) is 7.67. The van der Waals surface area contributed by atoms with E-state index in [9.17, 15) is 4.79 Å². The van der Waals surface area contributed by atoms with Gasteiger partial charge in [-0.3, -0.25) is 4.79 Å². The molecule has 2 aromatic heterocycles. The van der Waals surface area contributed by atoms with Gasteiger partial charge in [-0.05, 0) is 22.4 Å². The standard InChI is InChI=1S/C9H9N3OS/c1-12-9(10-6-11-12)8(13)4-7-2-3-14-5-7/h2-3,5-6H,4H2,1H3. The lowest BCUT2D eigenvalue weighted by Crippen LogP contribution is -2.10. The van der Waals surface area contributed by atoms with Crippen LogP contribution in [0.3, 0.4) is 0 Å². The maximum Gasteiger partial charge on any atom is 0.204 e. The lowest BCUT2D eigenvalue weighted by atomic mass is 10.2. The molecule has 5 heteroatoms. The zero-order chi connectivity index (χ0) is 9.97. The fourth-order valence-electron chi connectivity index (χ4n) is 1.21. The Kier molecular flexibility index (Phi) is 2.41. The van der Waals surface area contributed by atoms with Crippen LogP contribution in [0.1, 0.15) is 16.2 Å². The van der Waals surface area contributed by atoms with Crippen molar-refractivity contribution in [3.63, 3.8) is 0 Å². The van der Waals surface area contributed by atoms with E-state index in [1.165, 1.54) is 11.0 Å². The summed E-state index contributed by atoms with van der Waals surface area (Å²) in [7, 11) is 1.72. The molecular formula is C9H9N3OS. The topological polar surface area (TPSA) is 47.8 Å². The highest BCUT2D eigenvalue weighted by atomic mass is 32.1. The van der Waals surface area contributed by atoms with Gasteiger partial charge >= 0.3 is 0 Å². The fraction of sp³-hybridized carbons (Fsp3) is 0.222. The molecule has 2 heterocycles. The minimum absolute atomic E-state index is 0.00315. The van der Waals surface area contributed by atoms with E-state index in [1.807, 2.05) is 16.8 Å². The highest BCUT2D eigenvalue weighted by Crippen LogP contribution is 2.09. The number of hydrogen-bond acceptors (Lipinski definition) is 4. The third kappa shape index (κ3) is 1.72. The highest BCUT2D eigenvalue weighted by molar-refractivity contribution is 7.08. The smallest absolute Gasteiger partial charge is 0.204 e. The maximum absolute atomic E-state index is 11.7. The Morgan fingerprint density at radius 3 is 3.07 bits per heavy atom. The molecule has 0 aliphatic heterocycles. The molecule has 0 aliphatic carbocycles. The minimum Gasteiger partial charge on any atom is -0.290 e. The predicted octanol–water partition coefficient (Wildman–Crippen LogP) is 1.30. The number of Topliss-reactive ketones (excluding diaryl/α,β-unsaturated/α-hetero) is 1. The number of aromatic nitrogens is 3. The van der Waals surface area contributed by atoms with Crippen LogP contribution in [0.2, 0.25) is 0 Å². The van der Waals surface area contributed by atoms with Gasteiger partial charge in [0.2, 0.25) is 5.78 Å². The quantitative estimate of drug-likeness (QED) is 0.713. The summed E-state index contributed by atoms with van der Waals surface area (Å²) in [6.07, 6.45) is 1.79. The number of carbonyl (C=O) groups is 1. The molecule has 2 rings (SSSR count). The van der Waals surface area contributed by atoms with Crippen molar-refractivity contribution in [2.45, 2.75) is 6.42 Å². The van der Waals surface area contributed by atoms with Crippen LogP contribution in [0, 0.1) is 0 Å². The van der Waals surface area contributed by atoms with Crippen LogP contribution in [0.4, 0.5) is 0 Å². The van der Waals surface area contributed by atoms with Gasteiger partial charge in [-0.15, -0.1) is 0 Å². The number of carbonyl (C=O) groups excluding carboxylic acids is 1. The van der Waals surface area contributed by atoms with Crippen molar-refractivity contribution >= 4 is 17.1 Å². The lowest BCUT2D eigenvalue weighted by Gasteiger charge is -1.97. The van der Waals surface area contributed by atoms with E-state index in [0.29, 0.717) is 12.2 Å². The first kappa shape index (κ1) is 9.08. The van der Waals surface area contributed by atoms with Crippen LogP contribution in [0.25, 0.3) is 0 Å². The Hall–Kier alpha value is -1.49. The summed E-state index contributed by atoms with van der Waals surface area (Å²) in [6, 6.07) is 1.94. The monoisotopic (exact) mass is 207 g/mol. The molecule has 0 fully saturated rings. The second-order valence-corrected chi connectivity index (χ2v) is 3.72. The van der Waals surface area contributed by atoms with Crippen molar-refractivity contribution in [1.82, 2.24) is 14.8 Å². The van der Waals surface area contributed by atoms with Crippen LogP contribution in [0.15, 0.2) is 23.2 Å². The molecule has 14 heavy (non-hydrogen) atoms. The Morgan fingerprint density at radius 1 is 1.64 bits per heavy atom. The molecule has 0 N–H and O–H groups in total. The van der Waals surface area contributed by atoms with Crippen molar-refractivity contribution in [3.8, 4) is 0 Å². The Morgan fingerprint density at radius 2 is 2.50 bits per heavy atom. The molecule has 0 saturated carbocycles. The second-order valence-electron chi connectivity index (χ2n) is 2.94. The molecule has 0 unspecified atom stereocenters. The number of aryl methyl sites for hydroxylation is 1. The average Bonchev–Trinajstić information content (AvgIpc) is 2.75. The van der Waals surface area contributed by atoms with Gasteiger partial charge in [0, 0.05) is 13.5 Å². The van der Waals surface area contributed by atoms with Crippen LogP contribution < -0.4 is 0 Å². The SMILES string of the molecule is Cn1ncnc1C(=O)Cc1ccsc1. The van der Waals surface area contributed by atoms with E-state index in [-0.39, 0.29) is 5.78 Å². The Labute approximate surface area is 85.2 Å². The number of rotatable bonds is 3. The van der Waals surface area contributed by atoms with Gasteiger partial charge in [0.05, 0.1) is 0 Å².